The smallest absolute Gasteiger partial charge is 0.102 e. The van der Waals surface area contributed by atoms with Gasteiger partial charge in [-0.15, -0.1) is 0 Å². The highest BCUT2D eigenvalue weighted by Gasteiger charge is 2.25. The molecule has 124 valence electrons. The molecule has 0 aliphatic heterocycles. The standard InChI is InChI=1S/C17H38NO.BrH/c1-4-7-10-13-18(16-17-19,14-11-8-5-2)15-12-9-6-3;/h19H,4-17H2,1-3H3;1H/q+1;/p-1. The lowest BCUT2D eigenvalue weighted by Crippen LogP contribution is -3.00. The summed E-state index contributed by atoms with van der Waals surface area (Å²) in [5, 5.41) is 9.46. The Bertz CT molecular complexity index is 161. The van der Waals surface area contributed by atoms with Gasteiger partial charge in [-0.3, -0.25) is 0 Å². The molecule has 0 unspecified atom stereocenters. The molecule has 3 heteroatoms. The second-order valence-electron chi connectivity index (χ2n) is 6.08. The molecule has 2 nitrogen and oxygen atoms in total. The molecule has 0 aliphatic carbocycles. The Hall–Kier alpha value is 0.400. The first kappa shape index (κ1) is 22.7. The topological polar surface area (TPSA) is 20.2 Å². The first-order chi connectivity index (χ1) is 9.24. The highest BCUT2D eigenvalue weighted by Crippen LogP contribution is 2.16. The minimum atomic E-state index is 0. The van der Waals surface area contributed by atoms with E-state index >= 15 is 0 Å². The zero-order valence-corrected chi connectivity index (χ0v) is 15.8. The number of nitrogens with zero attached hydrogens (tertiary/aromatic N) is 1. The van der Waals surface area contributed by atoms with Gasteiger partial charge in [0, 0.05) is 0 Å². The van der Waals surface area contributed by atoms with Crippen molar-refractivity contribution >= 4 is 0 Å². The Morgan fingerprint density at radius 3 is 1.20 bits per heavy atom. The Kier molecular flexibility index (Phi) is 17.9. The van der Waals surface area contributed by atoms with E-state index in [9.17, 15) is 5.11 Å². The highest BCUT2D eigenvalue weighted by atomic mass is 79.9. The number of hydrogen-bond acceptors (Lipinski definition) is 1. The predicted octanol–water partition coefficient (Wildman–Crippen LogP) is 1.37. The molecule has 0 aliphatic rings. The molecule has 0 rings (SSSR count). The molecule has 0 saturated carbocycles. The molecule has 0 heterocycles. The maximum atomic E-state index is 9.46. The molecule has 0 spiro atoms. The maximum Gasteiger partial charge on any atom is 0.102 e. The molecule has 0 aromatic heterocycles. The molecule has 0 atom stereocenters. The minimum absolute atomic E-state index is 0. The summed E-state index contributed by atoms with van der Waals surface area (Å²) < 4.78 is 1.18. The van der Waals surface area contributed by atoms with Gasteiger partial charge < -0.3 is 26.6 Å². The highest BCUT2D eigenvalue weighted by molar-refractivity contribution is 4.50. The summed E-state index contributed by atoms with van der Waals surface area (Å²) >= 11 is 0. The van der Waals surface area contributed by atoms with Crippen LogP contribution in [0.15, 0.2) is 0 Å². The van der Waals surface area contributed by atoms with Crippen LogP contribution in [-0.4, -0.2) is 42.4 Å². The van der Waals surface area contributed by atoms with Gasteiger partial charge >= 0.3 is 0 Å². The van der Waals surface area contributed by atoms with Gasteiger partial charge in [0.1, 0.15) is 6.54 Å². The van der Waals surface area contributed by atoms with Gasteiger partial charge in [-0.05, 0) is 38.5 Å². The summed E-state index contributed by atoms with van der Waals surface area (Å²) in [6.07, 6.45) is 11.9. The van der Waals surface area contributed by atoms with E-state index in [1.165, 1.54) is 81.9 Å². The van der Waals surface area contributed by atoms with Gasteiger partial charge in [0.2, 0.25) is 0 Å². The van der Waals surface area contributed by atoms with Gasteiger partial charge in [-0.2, -0.15) is 0 Å². The lowest BCUT2D eigenvalue weighted by molar-refractivity contribution is -0.929. The van der Waals surface area contributed by atoms with Crippen LogP contribution in [-0.2, 0) is 0 Å². The normalized spacial score (nSPS) is 11.4. The summed E-state index contributed by atoms with van der Waals surface area (Å²) in [6, 6.07) is 0. The number of aliphatic hydroxyl groups excluding tert-OH is 1. The predicted molar refractivity (Wildman–Crippen MR) is 85.4 cm³/mol. The van der Waals surface area contributed by atoms with Crippen molar-refractivity contribution in [1.29, 1.82) is 0 Å². The van der Waals surface area contributed by atoms with E-state index in [2.05, 4.69) is 20.8 Å². The summed E-state index contributed by atoms with van der Waals surface area (Å²) in [5.74, 6) is 0. The zero-order valence-electron chi connectivity index (χ0n) is 14.2. The van der Waals surface area contributed by atoms with E-state index in [1.807, 2.05) is 0 Å². The molecule has 0 radical (unpaired) electrons. The van der Waals surface area contributed by atoms with Gasteiger partial charge in [-0.25, -0.2) is 0 Å². The van der Waals surface area contributed by atoms with Crippen molar-refractivity contribution in [2.24, 2.45) is 0 Å². The number of rotatable bonds is 14. The third-order valence-electron chi connectivity index (χ3n) is 4.28. The molecular weight excluding hydrogens is 314 g/mol. The monoisotopic (exact) mass is 351 g/mol. The molecule has 0 aromatic rings. The Balaban J connectivity index is 0. The molecule has 0 saturated heterocycles. The first-order valence-corrected chi connectivity index (χ1v) is 8.70. The van der Waals surface area contributed by atoms with E-state index in [1.54, 1.807) is 0 Å². The molecular formula is C17H38BrNO. The Labute approximate surface area is 138 Å². The van der Waals surface area contributed by atoms with E-state index in [0.717, 1.165) is 6.54 Å². The quantitative estimate of drug-likeness (QED) is 0.370. The van der Waals surface area contributed by atoms with Crippen molar-refractivity contribution in [3.8, 4) is 0 Å². The molecule has 0 fully saturated rings. The minimum Gasteiger partial charge on any atom is -1.00 e. The van der Waals surface area contributed by atoms with E-state index in [-0.39, 0.29) is 17.0 Å². The fraction of sp³-hybridized carbons (Fsp3) is 1.00. The number of hydrogen-bond donors (Lipinski definition) is 1. The van der Waals surface area contributed by atoms with E-state index in [0.29, 0.717) is 6.61 Å². The molecule has 1 N–H and O–H groups in total. The SMILES string of the molecule is CCCCC[N+](CCO)(CCCCC)CCCCC.[Br-]. The second kappa shape index (κ2) is 15.8. The third-order valence-corrected chi connectivity index (χ3v) is 4.28. The van der Waals surface area contributed by atoms with Crippen LogP contribution in [0.3, 0.4) is 0 Å². The largest absolute Gasteiger partial charge is 1.00 e. The molecule has 20 heavy (non-hydrogen) atoms. The van der Waals surface area contributed by atoms with Gasteiger partial charge in [0.15, 0.2) is 0 Å². The number of unbranched alkanes of at least 4 members (excludes halogenated alkanes) is 6. The Morgan fingerprint density at radius 1 is 0.600 bits per heavy atom. The van der Waals surface area contributed by atoms with Gasteiger partial charge in [-0.1, -0.05) is 40.0 Å². The maximum absolute atomic E-state index is 9.46. The summed E-state index contributed by atoms with van der Waals surface area (Å²) in [6.45, 7) is 12.0. The van der Waals surface area contributed by atoms with Crippen LogP contribution in [0.4, 0.5) is 0 Å². The lowest BCUT2D eigenvalue weighted by Gasteiger charge is -2.39. The second-order valence-corrected chi connectivity index (χ2v) is 6.08. The van der Waals surface area contributed by atoms with Crippen molar-refractivity contribution in [2.45, 2.75) is 78.6 Å². The van der Waals surface area contributed by atoms with Gasteiger partial charge in [0.05, 0.1) is 26.2 Å². The Morgan fingerprint density at radius 2 is 0.950 bits per heavy atom. The van der Waals surface area contributed by atoms with Crippen LogP contribution in [0, 0.1) is 0 Å². The summed E-state index contributed by atoms with van der Waals surface area (Å²) in [4.78, 5) is 0. The molecule has 0 amide bonds. The van der Waals surface area contributed by atoms with Crippen LogP contribution in [0.5, 0.6) is 0 Å². The van der Waals surface area contributed by atoms with Crippen LogP contribution in [0.25, 0.3) is 0 Å². The third kappa shape index (κ3) is 11.1. The fourth-order valence-electron chi connectivity index (χ4n) is 2.97. The van der Waals surface area contributed by atoms with Crippen molar-refractivity contribution < 1.29 is 26.6 Å². The number of quaternary nitrogens is 1. The van der Waals surface area contributed by atoms with E-state index in [4.69, 9.17) is 0 Å². The average Bonchev–Trinajstić information content (AvgIpc) is 2.40. The first-order valence-electron chi connectivity index (χ1n) is 8.70. The molecule has 0 aromatic carbocycles. The fourth-order valence-corrected chi connectivity index (χ4v) is 2.97. The summed E-state index contributed by atoms with van der Waals surface area (Å²) in [5.41, 5.74) is 0. The zero-order chi connectivity index (χ0) is 14.4. The van der Waals surface area contributed by atoms with Crippen molar-refractivity contribution in [3.05, 3.63) is 0 Å². The van der Waals surface area contributed by atoms with Crippen LogP contribution in [0.2, 0.25) is 0 Å². The van der Waals surface area contributed by atoms with Gasteiger partial charge in [0.25, 0.3) is 0 Å². The average molecular weight is 352 g/mol. The van der Waals surface area contributed by atoms with Crippen LogP contribution >= 0.6 is 0 Å². The molecule has 0 bridgehead atoms. The van der Waals surface area contributed by atoms with Crippen LogP contribution in [0.1, 0.15) is 78.6 Å². The van der Waals surface area contributed by atoms with Crippen molar-refractivity contribution in [2.75, 3.05) is 32.8 Å². The number of halogens is 1. The van der Waals surface area contributed by atoms with Crippen molar-refractivity contribution in [1.82, 2.24) is 0 Å². The van der Waals surface area contributed by atoms with Crippen molar-refractivity contribution in [3.63, 3.8) is 0 Å². The van der Waals surface area contributed by atoms with Crippen LogP contribution < -0.4 is 17.0 Å². The summed E-state index contributed by atoms with van der Waals surface area (Å²) in [7, 11) is 0. The lowest BCUT2D eigenvalue weighted by atomic mass is 10.1. The number of aliphatic hydroxyl groups is 1. The van der Waals surface area contributed by atoms with E-state index < -0.39 is 0 Å².